The topological polar surface area (TPSA) is 163 Å². The number of allylic oxidation sites excluding steroid dienone is 1. The average Bonchev–Trinajstić information content (AvgIpc) is 3.06. The van der Waals surface area contributed by atoms with E-state index in [-0.39, 0.29) is 53.8 Å². The van der Waals surface area contributed by atoms with Crippen LogP contribution in [0.1, 0.15) is 31.4 Å². The van der Waals surface area contributed by atoms with Crippen LogP contribution in [0.5, 0.6) is 5.75 Å². The van der Waals surface area contributed by atoms with Gasteiger partial charge in [0.1, 0.15) is 22.4 Å². The van der Waals surface area contributed by atoms with Crippen molar-refractivity contribution in [1.29, 1.82) is 0 Å². The molecule has 1 aliphatic heterocycles. The Morgan fingerprint density at radius 3 is 2.29 bits per heavy atom. The third kappa shape index (κ3) is 6.46. The molecule has 0 atom stereocenters. The van der Waals surface area contributed by atoms with E-state index in [1.807, 2.05) is 25.1 Å². The number of hydrogen-bond donors (Lipinski definition) is 1. The molecule has 4 rings (SSSR count). The van der Waals surface area contributed by atoms with Gasteiger partial charge in [0.2, 0.25) is 5.69 Å². The first-order chi connectivity index (χ1) is 18.4. The van der Waals surface area contributed by atoms with Gasteiger partial charge in [-0.05, 0) is 50.3 Å². The summed E-state index contributed by atoms with van der Waals surface area (Å²) in [5.74, 6) is -0.818. The fourth-order valence-corrected chi connectivity index (χ4v) is 6.05. The monoisotopic (exact) mass is 611 g/mol. The molecule has 1 aromatic heterocycles. The molecule has 1 aliphatic rings. The molecule has 2 aromatic carbocycles. The van der Waals surface area contributed by atoms with Crippen LogP contribution in [0.25, 0.3) is 17.0 Å². The molecular weight excluding hydrogens is 581 g/mol. The quantitative estimate of drug-likeness (QED) is 0.196. The maximum Gasteiger partial charge on any atom is 1.00 e. The Bertz CT molecular complexity index is 1880. The van der Waals surface area contributed by atoms with Crippen LogP contribution in [0.3, 0.4) is 0 Å². The SMILES string of the molecule is CN(C)c1ccc2c(O)c(/C=C/C3=[N+](CCCS(=O)(=O)[O-])c4ccc(S(=O)(=O)[O-])cc4C3(C)C)c(=O)n(C)c2c1.[Na+]. The predicted octanol–water partition coefficient (Wildman–Crippen LogP) is -0.757. The van der Waals surface area contributed by atoms with Crippen molar-refractivity contribution in [2.45, 2.75) is 30.6 Å². The van der Waals surface area contributed by atoms with Gasteiger partial charge in [0, 0.05) is 62.1 Å². The molecule has 0 saturated carbocycles. The van der Waals surface area contributed by atoms with Gasteiger partial charge < -0.3 is 23.7 Å². The summed E-state index contributed by atoms with van der Waals surface area (Å²) in [5, 5.41) is 11.5. The number of nitrogens with zero attached hydrogens (tertiary/aromatic N) is 3. The van der Waals surface area contributed by atoms with Gasteiger partial charge in [-0.3, -0.25) is 4.79 Å². The summed E-state index contributed by atoms with van der Waals surface area (Å²) < 4.78 is 72.0. The largest absolute Gasteiger partial charge is 1.00 e. The smallest absolute Gasteiger partial charge is 0.748 e. The summed E-state index contributed by atoms with van der Waals surface area (Å²) >= 11 is 0. The minimum atomic E-state index is -4.74. The zero-order valence-corrected chi connectivity index (χ0v) is 27.3. The maximum atomic E-state index is 13.3. The molecule has 11 nitrogen and oxygen atoms in total. The Kier molecular flexibility index (Phi) is 9.36. The molecule has 0 radical (unpaired) electrons. The minimum Gasteiger partial charge on any atom is -0.748 e. The van der Waals surface area contributed by atoms with Gasteiger partial charge in [0.25, 0.3) is 5.56 Å². The molecule has 2 heterocycles. The van der Waals surface area contributed by atoms with E-state index in [1.165, 1.54) is 28.8 Å². The Balaban J connectivity index is 0.00000462. The minimum absolute atomic E-state index is 0. The van der Waals surface area contributed by atoms with E-state index in [2.05, 4.69) is 0 Å². The van der Waals surface area contributed by atoms with Gasteiger partial charge in [-0.1, -0.05) is 0 Å². The molecule has 0 amide bonds. The van der Waals surface area contributed by atoms with Crippen LogP contribution < -0.4 is 40.0 Å². The first kappa shape index (κ1) is 33.0. The molecule has 0 spiro atoms. The van der Waals surface area contributed by atoms with Gasteiger partial charge in [-0.25, -0.2) is 16.8 Å². The van der Waals surface area contributed by atoms with Crippen molar-refractivity contribution < 1.29 is 65.2 Å². The molecule has 0 unspecified atom stereocenters. The zero-order valence-electron chi connectivity index (χ0n) is 23.7. The van der Waals surface area contributed by atoms with E-state index in [0.29, 0.717) is 27.9 Å². The summed E-state index contributed by atoms with van der Waals surface area (Å²) in [5.41, 5.74) is 1.66. The molecular formula is C27H30N3NaO8S2. The molecule has 14 heteroatoms. The van der Waals surface area contributed by atoms with Crippen molar-refractivity contribution in [2.75, 3.05) is 31.3 Å². The molecule has 0 fully saturated rings. The zero-order chi connectivity index (χ0) is 29.8. The number of pyridine rings is 1. The molecule has 0 aliphatic carbocycles. The van der Waals surface area contributed by atoms with Crippen LogP contribution in [0.4, 0.5) is 11.4 Å². The number of hydrogen-bond acceptors (Lipinski definition) is 9. The van der Waals surface area contributed by atoms with Gasteiger partial charge >= 0.3 is 29.6 Å². The number of anilines is 1. The van der Waals surface area contributed by atoms with E-state index >= 15 is 0 Å². The third-order valence-corrected chi connectivity index (χ3v) is 8.86. The van der Waals surface area contributed by atoms with Crippen LogP contribution in [-0.4, -0.2) is 72.3 Å². The third-order valence-electron chi connectivity index (χ3n) is 7.24. The molecule has 3 aromatic rings. The summed E-state index contributed by atoms with van der Waals surface area (Å²) in [6, 6.07) is 9.25. The number of aromatic hydroxyl groups is 1. The van der Waals surface area contributed by atoms with Gasteiger partial charge in [-0.15, -0.1) is 0 Å². The second-order valence-electron chi connectivity index (χ2n) is 10.5. The normalized spacial score (nSPS) is 14.9. The van der Waals surface area contributed by atoms with E-state index in [0.717, 1.165) is 5.69 Å². The number of rotatable bonds is 8. The molecule has 41 heavy (non-hydrogen) atoms. The molecule has 0 bridgehead atoms. The number of aryl methyl sites for hydroxylation is 1. The second kappa shape index (κ2) is 11.6. The molecule has 0 saturated heterocycles. The fourth-order valence-electron chi connectivity index (χ4n) is 5.08. The fraction of sp³-hybridized carbons (Fsp3) is 0.333. The Hall–Kier alpha value is -2.52. The number of fused-ring (bicyclic) bond motifs is 2. The predicted molar refractivity (Wildman–Crippen MR) is 151 cm³/mol. The van der Waals surface area contributed by atoms with Crippen molar-refractivity contribution in [3.05, 3.63) is 64.0 Å². The summed E-state index contributed by atoms with van der Waals surface area (Å²) in [7, 11) is -3.89. The summed E-state index contributed by atoms with van der Waals surface area (Å²) in [6.07, 6.45) is 3.05. The van der Waals surface area contributed by atoms with Gasteiger partial charge in [0.15, 0.2) is 5.71 Å². The first-order valence-corrected chi connectivity index (χ1v) is 15.3. The summed E-state index contributed by atoms with van der Waals surface area (Å²) in [6.45, 7) is 3.67. The van der Waals surface area contributed by atoms with E-state index < -0.39 is 41.9 Å². The Morgan fingerprint density at radius 2 is 1.71 bits per heavy atom. The van der Waals surface area contributed by atoms with Crippen molar-refractivity contribution in [2.24, 2.45) is 7.05 Å². The molecule has 214 valence electrons. The second-order valence-corrected chi connectivity index (χ2v) is 13.4. The van der Waals surface area contributed by atoms with Gasteiger partial charge in [0.05, 0.1) is 31.5 Å². The number of benzene rings is 2. The van der Waals surface area contributed by atoms with Crippen LogP contribution >= 0.6 is 0 Å². The number of aromatic nitrogens is 1. The average molecular weight is 612 g/mol. The Labute approximate surface area is 261 Å². The van der Waals surface area contributed by atoms with Crippen LogP contribution in [-0.2, 0) is 32.7 Å². The standard InChI is InChI=1S/C27H31N3O8S2.Na/c1-27(2)21-16-18(40(36,37)38)8-11-22(21)30(13-6-14-39(33,34)35)24(27)12-10-20-25(31)19-9-7-17(28(3)4)15-23(19)29(5)26(20)32;/h7-12,15-16H,6,13-14H2,1-5H3,(H2,33,34,35,36,37,38);/q;+1/p-1. The maximum absolute atomic E-state index is 13.3. The van der Waals surface area contributed by atoms with Crippen LogP contribution in [0, 0.1) is 0 Å². The van der Waals surface area contributed by atoms with Crippen LogP contribution in [0.2, 0.25) is 0 Å². The van der Waals surface area contributed by atoms with E-state index in [1.54, 1.807) is 43.7 Å². The van der Waals surface area contributed by atoms with E-state index in [9.17, 15) is 35.8 Å². The van der Waals surface area contributed by atoms with E-state index in [4.69, 9.17) is 0 Å². The van der Waals surface area contributed by atoms with Crippen molar-refractivity contribution in [3.63, 3.8) is 0 Å². The summed E-state index contributed by atoms with van der Waals surface area (Å²) in [4.78, 5) is 14.8. The van der Waals surface area contributed by atoms with Crippen molar-refractivity contribution >= 4 is 54.3 Å². The Morgan fingerprint density at radius 1 is 1.05 bits per heavy atom. The van der Waals surface area contributed by atoms with Crippen molar-refractivity contribution in [3.8, 4) is 5.75 Å². The van der Waals surface area contributed by atoms with Gasteiger partial charge in [-0.2, -0.15) is 4.58 Å². The van der Waals surface area contributed by atoms with Crippen molar-refractivity contribution in [1.82, 2.24) is 4.57 Å². The first-order valence-electron chi connectivity index (χ1n) is 12.3. The van der Waals surface area contributed by atoms with Crippen LogP contribution in [0.15, 0.2) is 52.2 Å². The molecule has 1 N–H and O–H groups in total.